The first-order valence-corrected chi connectivity index (χ1v) is 9.13. The second-order valence-electron chi connectivity index (χ2n) is 6.44. The van der Waals surface area contributed by atoms with E-state index in [-0.39, 0.29) is 0 Å². The first-order chi connectivity index (χ1) is 11.2. The highest BCUT2D eigenvalue weighted by Crippen LogP contribution is 2.25. The average molecular weight is 377 g/mol. The number of nitrogens with zero attached hydrogens (tertiary/aromatic N) is 4. The molecule has 0 aliphatic carbocycles. The van der Waals surface area contributed by atoms with Crippen LogP contribution in [0.5, 0.6) is 0 Å². The lowest BCUT2D eigenvalue weighted by atomic mass is 10.1. The van der Waals surface area contributed by atoms with Crippen LogP contribution in [-0.4, -0.2) is 41.1 Å². The zero-order valence-electron chi connectivity index (χ0n) is 14.0. The standard InChI is InChI=1S/C18H25BrN4/c1-3-22-14-20-10-18(22)13-21(2)11-15-8-9-23(12-15)17-6-4-16(19)5-7-17/h4-7,10,14-15H,3,8-9,11-13H2,1-2H3. The Balaban J connectivity index is 1.52. The molecule has 0 saturated carbocycles. The summed E-state index contributed by atoms with van der Waals surface area (Å²) in [5.74, 6) is 0.738. The van der Waals surface area contributed by atoms with Crippen LogP contribution in [0.4, 0.5) is 5.69 Å². The van der Waals surface area contributed by atoms with Crippen molar-refractivity contribution >= 4 is 21.6 Å². The van der Waals surface area contributed by atoms with Crippen LogP contribution in [0.25, 0.3) is 0 Å². The molecule has 0 radical (unpaired) electrons. The van der Waals surface area contributed by atoms with E-state index < -0.39 is 0 Å². The fourth-order valence-electron chi connectivity index (χ4n) is 3.41. The molecule has 5 heteroatoms. The van der Waals surface area contributed by atoms with E-state index in [1.54, 1.807) is 0 Å². The van der Waals surface area contributed by atoms with Crippen LogP contribution in [0, 0.1) is 5.92 Å². The van der Waals surface area contributed by atoms with Crippen LogP contribution in [-0.2, 0) is 13.1 Å². The van der Waals surface area contributed by atoms with Gasteiger partial charge < -0.3 is 14.4 Å². The fourth-order valence-corrected chi connectivity index (χ4v) is 3.68. The third-order valence-electron chi connectivity index (χ3n) is 4.62. The van der Waals surface area contributed by atoms with Gasteiger partial charge in [0.05, 0.1) is 12.0 Å². The Hall–Kier alpha value is -1.33. The second kappa shape index (κ2) is 7.49. The first-order valence-electron chi connectivity index (χ1n) is 8.33. The van der Waals surface area contributed by atoms with Gasteiger partial charge in [0.25, 0.3) is 0 Å². The molecular weight excluding hydrogens is 352 g/mol. The molecule has 0 amide bonds. The number of rotatable bonds is 6. The van der Waals surface area contributed by atoms with E-state index in [1.807, 2.05) is 12.5 Å². The molecule has 1 aromatic heterocycles. The highest BCUT2D eigenvalue weighted by molar-refractivity contribution is 9.10. The molecule has 3 rings (SSSR count). The van der Waals surface area contributed by atoms with Gasteiger partial charge in [0.15, 0.2) is 0 Å². The Labute approximate surface area is 147 Å². The molecule has 1 aromatic carbocycles. The molecule has 1 unspecified atom stereocenters. The van der Waals surface area contributed by atoms with E-state index in [0.29, 0.717) is 0 Å². The van der Waals surface area contributed by atoms with Crippen molar-refractivity contribution < 1.29 is 0 Å². The Bertz CT molecular complexity index is 622. The maximum Gasteiger partial charge on any atom is 0.0948 e. The summed E-state index contributed by atoms with van der Waals surface area (Å²) < 4.78 is 3.36. The molecule has 23 heavy (non-hydrogen) atoms. The number of anilines is 1. The maximum atomic E-state index is 4.26. The molecule has 0 spiro atoms. The number of hydrogen-bond donors (Lipinski definition) is 0. The molecule has 2 aromatic rings. The van der Waals surface area contributed by atoms with Crippen LogP contribution in [0.15, 0.2) is 41.3 Å². The highest BCUT2D eigenvalue weighted by Gasteiger charge is 2.24. The van der Waals surface area contributed by atoms with Crippen molar-refractivity contribution in [1.82, 2.24) is 14.5 Å². The molecule has 2 heterocycles. The smallest absolute Gasteiger partial charge is 0.0948 e. The predicted octanol–water partition coefficient (Wildman–Crippen LogP) is 3.62. The minimum absolute atomic E-state index is 0.738. The van der Waals surface area contributed by atoms with Crippen LogP contribution >= 0.6 is 15.9 Å². The van der Waals surface area contributed by atoms with Crippen LogP contribution in [0.1, 0.15) is 19.0 Å². The Morgan fingerprint density at radius 2 is 2.09 bits per heavy atom. The largest absolute Gasteiger partial charge is 0.371 e. The molecule has 0 bridgehead atoms. The summed E-state index contributed by atoms with van der Waals surface area (Å²) in [5, 5.41) is 0. The van der Waals surface area contributed by atoms with Gasteiger partial charge in [-0.15, -0.1) is 0 Å². The van der Waals surface area contributed by atoms with Crippen LogP contribution in [0.3, 0.4) is 0 Å². The van der Waals surface area contributed by atoms with Gasteiger partial charge >= 0.3 is 0 Å². The minimum atomic E-state index is 0.738. The molecular formula is C18H25BrN4. The van der Waals surface area contributed by atoms with Crippen molar-refractivity contribution in [3.05, 3.63) is 47.0 Å². The van der Waals surface area contributed by atoms with Crippen molar-refractivity contribution in [3.8, 4) is 0 Å². The summed E-state index contributed by atoms with van der Waals surface area (Å²) >= 11 is 3.51. The minimum Gasteiger partial charge on any atom is -0.371 e. The molecule has 1 saturated heterocycles. The van der Waals surface area contributed by atoms with E-state index in [4.69, 9.17) is 0 Å². The number of hydrogen-bond acceptors (Lipinski definition) is 3. The zero-order chi connectivity index (χ0) is 16.2. The SMILES string of the molecule is CCn1cncc1CN(C)CC1CCN(c2ccc(Br)cc2)C1. The van der Waals surface area contributed by atoms with Gasteiger partial charge in [-0.05, 0) is 50.6 Å². The first kappa shape index (κ1) is 16.5. The lowest BCUT2D eigenvalue weighted by Gasteiger charge is -2.22. The van der Waals surface area contributed by atoms with E-state index in [2.05, 4.69) is 73.5 Å². The highest BCUT2D eigenvalue weighted by atomic mass is 79.9. The number of halogens is 1. The van der Waals surface area contributed by atoms with E-state index in [1.165, 1.54) is 17.8 Å². The molecule has 124 valence electrons. The van der Waals surface area contributed by atoms with Gasteiger partial charge in [-0.25, -0.2) is 4.98 Å². The maximum absolute atomic E-state index is 4.26. The fraction of sp³-hybridized carbons (Fsp3) is 0.500. The molecule has 0 N–H and O–H groups in total. The quantitative estimate of drug-likeness (QED) is 0.769. The summed E-state index contributed by atoms with van der Waals surface area (Å²) in [6, 6.07) is 8.66. The van der Waals surface area contributed by atoms with Gasteiger partial charge in [-0.3, -0.25) is 0 Å². The molecule has 1 aliphatic heterocycles. The third kappa shape index (κ3) is 4.15. The van der Waals surface area contributed by atoms with E-state index in [9.17, 15) is 0 Å². The van der Waals surface area contributed by atoms with Crippen molar-refractivity contribution in [2.24, 2.45) is 5.92 Å². The molecule has 1 atom stereocenters. The van der Waals surface area contributed by atoms with Crippen molar-refractivity contribution in [1.29, 1.82) is 0 Å². The lowest BCUT2D eigenvalue weighted by Crippen LogP contribution is -2.28. The van der Waals surface area contributed by atoms with Gasteiger partial charge in [0.1, 0.15) is 0 Å². The predicted molar refractivity (Wildman–Crippen MR) is 98.7 cm³/mol. The van der Waals surface area contributed by atoms with Crippen molar-refractivity contribution in [2.75, 3.05) is 31.6 Å². The monoisotopic (exact) mass is 376 g/mol. The Morgan fingerprint density at radius 1 is 1.30 bits per heavy atom. The number of benzene rings is 1. The van der Waals surface area contributed by atoms with Crippen LogP contribution < -0.4 is 4.90 Å². The van der Waals surface area contributed by atoms with Crippen molar-refractivity contribution in [3.63, 3.8) is 0 Å². The van der Waals surface area contributed by atoms with Crippen LogP contribution in [0.2, 0.25) is 0 Å². The van der Waals surface area contributed by atoms with Gasteiger partial charge in [-0.2, -0.15) is 0 Å². The number of imidazole rings is 1. The Morgan fingerprint density at radius 3 is 2.83 bits per heavy atom. The normalized spacial score (nSPS) is 18.1. The third-order valence-corrected chi connectivity index (χ3v) is 5.15. The van der Waals surface area contributed by atoms with Gasteiger partial charge in [0, 0.05) is 49.1 Å². The van der Waals surface area contributed by atoms with Gasteiger partial charge in [-0.1, -0.05) is 15.9 Å². The number of aromatic nitrogens is 2. The van der Waals surface area contributed by atoms with Gasteiger partial charge in [0.2, 0.25) is 0 Å². The summed E-state index contributed by atoms with van der Waals surface area (Å²) in [6.07, 6.45) is 5.18. The summed E-state index contributed by atoms with van der Waals surface area (Å²) in [6.45, 7) is 7.58. The lowest BCUT2D eigenvalue weighted by molar-refractivity contribution is 0.273. The molecule has 1 fully saturated rings. The second-order valence-corrected chi connectivity index (χ2v) is 7.36. The molecule has 4 nitrogen and oxygen atoms in total. The number of aryl methyl sites for hydroxylation is 1. The van der Waals surface area contributed by atoms with E-state index >= 15 is 0 Å². The summed E-state index contributed by atoms with van der Waals surface area (Å²) in [5.41, 5.74) is 2.64. The van der Waals surface area contributed by atoms with Crippen molar-refractivity contribution in [2.45, 2.75) is 26.4 Å². The topological polar surface area (TPSA) is 24.3 Å². The zero-order valence-corrected chi connectivity index (χ0v) is 15.5. The summed E-state index contributed by atoms with van der Waals surface area (Å²) in [4.78, 5) is 9.19. The summed E-state index contributed by atoms with van der Waals surface area (Å²) in [7, 11) is 2.22. The Kier molecular flexibility index (Phi) is 5.38. The molecule has 1 aliphatic rings. The van der Waals surface area contributed by atoms with E-state index in [0.717, 1.165) is 43.1 Å². The average Bonchev–Trinajstić information content (AvgIpc) is 3.17.